The van der Waals surface area contributed by atoms with Crippen LogP contribution in [0.15, 0.2) is 22.8 Å². The summed E-state index contributed by atoms with van der Waals surface area (Å²) in [5.74, 6) is 0.693. The lowest BCUT2D eigenvalue weighted by Gasteiger charge is -2.14. The highest BCUT2D eigenvalue weighted by molar-refractivity contribution is 9.10. The normalized spacial score (nSPS) is 12.7. The Morgan fingerprint density at radius 3 is 2.73 bits per heavy atom. The molecule has 0 fully saturated rings. The fraction of sp³-hybridized carbons (Fsp3) is 0.583. The lowest BCUT2D eigenvalue weighted by molar-refractivity contribution is 0.463. The highest BCUT2D eigenvalue weighted by atomic mass is 79.9. The third kappa shape index (κ3) is 4.76. The van der Waals surface area contributed by atoms with Crippen molar-refractivity contribution in [1.82, 2.24) is 10.3 Å². The summed E-state index contributed by atoms with van der Waals surface area (Å²) in [6, 6.07) is 4.15. The van der Waals surface area contributed by atoms with Gasteiger partial charge in [0.05, 0.1) is 0 Å². The number of rotatable bonds is 6. The summed E-state index contributed by atoms with van der Waals surface area (Å²) in [5.41, 5.74) is 1.18. The van der Waals surface area contributed by atoms with E-state index in [0.29, 0.717) is 5.92 Å². The van der Waals surface area contributed by atoms with Gasteiger partial charge in [-0.15, -0.1) is 0 Å². The molecule has 1 unspecified atom stereocenters. The Morgan fingerprint density at radius 2 is 2.20 bits per heavy atom. The quantitative estimate of drug-likeness (QED) is 0.860. The fourth-order valence-corrected chi connectivity index (χ4v) is 1.77. The number of aromatic nitrogens is 1. The molecule has 1 N–H and O–H groups in total. The van der Waals surface area contributed by atoms with Gasteiger partial charge in [-0.05, 0) is 53.5 Å². The van der Waals surface area contributed by atoms with Gasteiger partial charge in [0.2, 0.25) is 0 Å². The zero-order chi connectivity index (χ0) is 11.1. The van der Waals surface area contributed by atoms with Crippen molar-refractivity contribution in [2.75, 3.05) is 13.1 Å². The monoisotopic (exact) mass is 270 g/mol. The van der Waals surface area contributed by atoms with Crippen LogP contribution in [0.4, 0.5) is 0 Å². The molecule has 0 spiro atoms. The van der Waals surface area contributed by atoms with E-state index < -0.39 is 0 Å². The van der Waals surface area contributed by atoms with Crippen LogP contribution in [0.2, 0.25) is 0 Å². The first-order valence-corrected chi connectivity index (χ1v) is 6.36. The van der Waals surface area contributed by atoms with Gasteiger partial charge in [0.15, 0.2) is 0 Å². The minimum absolute atomic E-state index is 0.693. The lowest BCUT2D eigenvalue weighted by atomic mass is 10.00. The molecule has 0 saturated carbocycles. The summed E-state index contributed by atoms with van der Waals surface area (Å²) < 4.78 is 1.05. The van der Waals surface area contributed by atoms with Crippen LogP contribution >= 0.6 is 15.9 Å². The topological polar surface area (TPSA) is 24.9 Å². The second kappa shape index (κ2) is 6.96. The van der Waals surface area contributed by atoms with Crippen molar-refractivity contribution in [3.05, 3.63) is 28.5 Å². The van der Waals surface area contributed by atoms with Crippen LogP contribution in [0.25, 0.3) is 0 Å². The molecule has 15 heavy (non-hydrogen) atoms. The van der Waals surface area contributed by atoms with Crippen molar-refractivity contribution in [2.24, 2.45) is 5.92 Å². The molecular formula is C12H19BrN2. The first-order valence-electron chi connectivity index (χ1n) is 5.57. The maximum Gasteiger partial charge on any atom is 0.0413 e. The standard InChI is InChI=1S/C12H19BrN2/c1-3-10(8-14-4-2)7-12-6-5-11(13)9-15-12/h5-6,9-10,14H,3-4,7-8H2,1-2H3. The van der Waals surface area contributed by atoms with E-state index in [9.17, 15) is 0 Å². The molecule has 3 heteroatoms. The molecule has 2 nitrogen and oxygen atoms in total. The van der Waals surface area contributed by atoms with E-state index in [1.165, 1.54) is 12.1 Å². The van der Waals surface area contributed by atoms with Crippen LogP contribution in [0.3, 0.4) is 0 Å². The van der Waals surface area contributed by atoms with Crippen molar-refractivity contribution < 1.29 is 0 Å². The molecule has 1 aromatic rings. The summed E-state index contributed by atoms with van der Waals surface area (Å²) in [6.07, 6.45) is 4.14. The van der Waals surface area contributed by atoms with E-state index in [2.05, 4.69) is 52.2 Å². The maximum atomic E-state index is 4.40. The molecule has 0 aromatic carbocycles. The van der Waals surface area contributed by atoms with Crippen LogP contribution in [0.5, 0.6) is 0 Å². The number of pyridine rings is 1. The Balaban J connectivity index is 2.47. The molecule has 0 aliphatic carbocycles. The van der Waals surface area contributed by atoms with Gasteiger partial charge in [-0.25, -0.2) is 0 Å². The smallest absolute Gasteiger partial charge is 0.0413 e. The average Bonchev–Trinajstić information content (AvgIpc) is 2.27. The first-order chi connectivity index (χ1) is 7.26. The molecule has 84 valence electrons. The zero-order valence-corrected chi connectivity index (χ0v) is 11.0. The predicted molar refractivity (Wildman–Crippen MR) is 68.0 cm³/mol. The minimum atomic E-state index is 0.693. The van der Waals surface area contributed by atoms with Gasteiger partial charge in [0, 0.05) is 16.4 Å². The average molecular weight is 271 g/mol. The zero-order valence-electron chi connectivity index (χ0n) is 9.46. The molecular weight excluding hydrogens is 252 g/mol. The third-order valence-electron chi connectivity index (χ3n) is 2.55. The summed E-state index contributed by atoms with van der Waals surface area (Å²) >= 11 is 3.40. The Kier molecular flexibility index (Phi) is 5.88. The van der Waals surface area contributed by atoms with Crippen LogP contribution in [-0.2, 0) is 6.42 Å². The molecule has 1 aromatic heterocycles. The van der Waals surface area contributed by atoms with Gasteiger partial charge >= 0.3 is 0 Å². The van der Waals surface area contributed by atoms with E-state index in [4.69, 9.17) is 0 Å². The number of halogens is 1. The van der Waals surface area contributed by atoms with Crippen LogP contribution in [0, 0.1) is 5.92 Å². The summed E-state index contributed by atoms with van der Waals surface area (Å²) in [4.78, 5) is 4.40. The predicted octanol–water partition coefficient (Wildman–Crippen LogP) is 3.02. The van der Waals surface area contributed by atoms with Gasteiger partial charge in [-0.2, -0.15) is 0 Å². The van der Waals surface area contributed by atoms with Crippen molar-refractivity contribution >= 4 is 15.9 Å². The molecule has 0 radical (unpaired) electrons. The molecule has 0 aliphatic heterocycles. The van der Waals surface area contributed by atoms with E-state index in [0.717, 1.165) is 24.0 Å². The summed E-state index contributed by atoms with van der Waals surface area (Å²) in [7, 11) is 0. The third-order valence-corrected chi connectivity index (χ3v) is 3.02. The van der Waals surface area contributed by atoms with Gasteiger partial charge in [-0.1, -0.05) is 20.3 Å². The van der Waals surface area contributed by atoms with E-state index in [-0.39, 0.29) is 0 Å². The molecule has 1 heterocycles. The number of nitrogens with one attached hydrogen (secondary N) is 1. The Labute approximate surface area is 101 Å². The number of hydrogen-bond donors (Lipinski definition) is 1. The molecule has 0 bridgehead atoms. The van der Waals surface area contributed by atoms with Crippen molar-refractivity contribution in [2.45, 2.75) is 26.7 Å². The van der Waals surface area contributed by atoms with E-state index >= 15 is 0 Å². The van der Waals surface area contributed by atoms with Crippen molar-refractivity contribution in [1.29, 1.82) is 0 Å². The van der Waals surface area contributed by atoms with Crippen molar-refractivity contribution in [3.8, 4) is 0 Å². The first kappa shape index (κ1) is 12.7. The highest BCUT2D eigenvalue weighted by Crippen LogP contribution is 2.12. The summed E-state index contributed by atoms with van der Waals surface area (Å²) in [6.45, 7) is 6.51. The molecule has 0 saturated heterocycles. The molecule has 0 amide bonds. The SMILES string of the molecule is CCNCC(CC)Cc1ccc(Br)cn1. The Morgan fingerprint density at radius 1 is 1.40 bits per heavy atom. The van der Waals surface area contributed by atoms with Gasteiger partial charge < -0.3 is 5.32 Å². The Bertz CT molecular complexity index is 271. The number of hydrogen-bond acceptors (Lipinski definition) is 2. The number of nitrogens with zero attached hydrogens (tertiary/aromatic N) is 1. The van der Waals surface area contributed by atoms with E-state index in [1.807, 2.05) is 6.20 Å². The largest absolute Gasteiger partial charge is 0.317 e. The van der Waals surface area contributed by atoms with Crippen LogP contribution in [-0.4, -0.2) is 18.1 Å². The minimum Gasteiger partial charge on any atom is -0.317 e. The van der Waals surface area contributed by atoms with Crippen LogP contribution in [0.1, 0.15) is 26.0 Å². The van der Waals surface area contributed by atoms with E-state index in [1.54, 1.807) is 0 Å². The lowest BCUT2D eigenvalue weighted by Crippen LogP contribution is -2.23. The Hall–Kier alpha value is -0.410. The van der Waals surface area contributed by atoms with Gasteiger partial charge in [0.25, 0.3) is 0 Å². The van der Waals surface area contributed by atoms with Gasteiger partial charge in [-0.3, -0.25) is 4.98 Å². The van der Waals surface area contributed by atoms with Crippen molar-refractivity contribution in [3.63, 3.8) is 0 Å². The fourth-order valence-electron chi connectivity index (χ4n) is 1.53. The van der Waals surface area contributed by atoms with Gasteiger partial charge in [0.1, 0.15) is 0 Å². The molecule has 1 rings (SSSR count). The van der Waals surface area contributed by atoms with Crippen LogP contribution < -0.4 is 5.32 Å². The highest BCUT2D eigenvalue weighted by Gasteiger charge is 2.07. The second-order valence-corrected chi connectivity index (χ2v) is 4.67. The summed E-state index contributed by atoms with van der Waals surface area (Å²) in [5, 5.41) is 3.39. The maximum absolute atomic E-state index is 4.40. The second-order valence-electron chi connectivity index (χ2n) is 3.75. The molecule has 0 aliphatic rings. The molecule has 1 atom stereocenters.